The maximum atomic E-state index is 13.7. The summed E-state index contributed by atoms with van der Waals surface area (Å²) in [6.45, 7) is -0.572. The van der Waals surface area contributed by atoms with Crippen molar-refractivity contribution in [2.24, 2.45) is 5.92 Å². The second-order valence-corrected chi connectivity index (χ2v) is 13.8. The number of sulfonamides is 1. The van der Waals surface area contributed by atoms with Crippen LogP contribution < -0.4 is 29.1 Å². The molecule has 4 aliphatic rings. The Morgan fingerprint density at radius 3 is 2.48 bits per heavy atom. The molecule has 3 saturated carbocycles. The molecule has 3 aromatic carbocycles. The van der Waals surface area contributed by atoms with Gasteiger partial charge in [0, 0.05) is 22.7 Å². The molecule has 7 rings (SSSR count). The third-order valence-corrected chi connectivity index (χ3v) is 10.5. The number of nitrogens with zero attached hydrogens (tertiary/aromatic N) is 1. The highest BCUT2D eigenvalue weighted by Gasteiger charge is 2.57. The van der Waals surface area contributed by atoms with Crippen LogP contribution in [0.4, 0.5) is 10.1 Å². The van der Waals surface area contributed by atoms with Gasteiger partial charge in [-0.1, -0.05) is 23.2 Å². The number of anilines is 1. The van der Waals surface area contributed by atoms with Gasteiger partial charge in [-0.25, -0.2) is 12.8 Å². The van der Waals surface area contributed by atoms with Gasteiger partial charge in [0.1, 0.15) is 23.1 Å². The van der Waals surface area contributed by atoms with E-state index in [1.54, 1.807) is 18.2 Å². The number of hydrogen-bond donors (Lipinski definition) is 2. The second kappa shape index (κ2) is 11.6. The van der Waals surface area contributed by atoms with Crippen molar-refractivity contribution < 1.29 is 36.6 Å². The minimum absolute atomic E-state index is 0.0188. The molecule has 3 fully saturated rings. The maximum absolute atomic E-state index is 13.7. The van der Waals surface area contributed by atoms with E-state index in [4.69, 9.17) is 37.4 Å². The first kappa shape index (κ1) is 30.3. The highest BCUT2D eigenvalue weighted by atomic mass is 35.5. The molecule has 0 aromatic heterocycles. The summed E-state index contributed by atoms with van der Waals surface area (Å²) in [5.41, 5.74) is -0.324. The van der Waals surface area contributed by atoms with Crippen molar-refractivity contribution >= 4 is 50.7 Å². The third-order valence-electron chi connectivity index (χ3n) is 8.21. The van der Waals surface area contributed by atoms with E-state index < -0.39 is 33.4 Å². The van der Waals surface area contributed by atoms with Crippen LogP contribution in [-0.4, -0.2) is 58.2 Å². The van der Waals surface area contributed by atoms with E-state index in [1.165, 1.54) is 43.5 Å². The van der Waals surface area contributed by atoms with Gasteiger partial charge in [-0.2, -0.15) is 0 Å². The lowest BCUT2D eigenvalue weighted by Crippen LogP contribution is -2.58. The van der Waals surface area contributed by atoms with Gasteiger partial charge in [-0.05, 0) is 79.8 Å². The van der Waals surface area contributed by atoms with Gasteiger partial charge in [-0.15, -0.1) is 0 Å². The number of rotatable bonds is 9. The SMILES string of the molecule is COc1ccc(S(=O)(=O)N2CC(C(=O)NC34CC(C3)C(NC(=O)COc3ccc(Cl)c(F)c3)C4)Oc3ccc(Cl)cc32)cc1. The number of halogens is 3. The van der Waals surface area contributed by atoms with Crippen LogP contribution in [0.25, 0.3) is 0 Å². The number of methoxy groups -OCH3 is 1. The van der Waals surface area contributed by atoms with Gasteiger partial charge >= 0.3 is 0 Å². The quantitative estimate of drug-likeness (QED) is 0.349. The number of nitrogens with one attached hydrogen (secondary N) is 2. The first-order valence-electron chi connectivity index (χ1n) is 13.8. The van der Waals surface area contributed by atoms with Gasteiger partial charge < -0.3 is 24.8 Å². The lowest BCUT2D eigenvalue weighted by Gasteiger charge is -2.41. The summed E-state index contributed by atoms with van der Waals surface area (Å²) >= 11 is 11.9. The number of carbonyl (C=O) groups excluding carboxylic acids is 2. The Balaban J connectivity index is 1.11. The van der Waals surface area contributed by atoms with Crippen molar-refractivity contribution in [1.29, 1.82) is 0 Å². The Bertz CT molecular complexity index is 1720. The number of fused-ring (bicyclic) bond motifs is 2. The van der Waals surface area contributed by atoms with Crippen molar-refractivity contribution in [2.45, 2.75) is 41.8 Å². The normalized spacial score (nSPS) is 23.5. The molecule has 10 nitrogen and oxygen atoms in total. The molecule has 2 amide bonds. The third kappa shape index (κ3) is 5.85. The molecule has 0 radical (unpaired) electrons. The van der Waals surface area contributed by atoms with E-state index in [9.17, 15) is 22.4 Å². The van der Waals surface area contributed by atoms with Crippen LogP contribution in [0.3, 0.4) is 0 Å². The molecule has 44 heavy (non-hydrogen) atoms. The minimum Gasteiger partial charge on any atom is -0.497 e. The van der Waals surface area contributed by atoms with Crippen molar-refractivity contribution in [2.75, 3.05) is 24.6 Å². The smallest absolute Gasteiger partial charge is 0.264 e. The molecule has 2 bridgehead atoms. The monoisotopic (exact) mass is 663 g/mol. The summed E-state index contributed by atoms with van der Waals surface area (Å²) in [6, 6.07) is 14.3. The van der Waals surface area contributed by atoms with E-state index in [1.807, 2.05) is 0 Å². The Hall–Kier alpha value is -3.74. The zero-order valence-corrected chi connectivity index (χ0v) is 25.7. The molecular formula is C30H28Cl2FN3O7S. The van der Waals surface area contributed by atoms with E-state index >= 15 is 0 Å². The number of ether oxygens (including phenoxy) is 3. The fraction of sp³-hybridized carbons (Fsp3) is 0.333. The van der Waals surface area contributed by atoms with Crippen molar-refractivity contribution in [3.05, 3.63) is 76.5 Å². The van der Waals surface area contributed by atoms with E-state index in [0.717, 1.165) is 10.4 Å². The Labute approximate surface area is 263 Å². The van der Waals surface area contributed by atoms with Crippen LogP contribution in [0.1, 0.15) is 19.3 Å². The van der Waals surface area contributed by atoms with E-state index in [2.05, 4.69) is 10.6 Å². The lowest BCUT2D eigenvalue weighted by atomic mass is 9.76. The molecule has 2 atom stereocenters. The first-order valence-corrected chi connectivity index (χ1v) is 16.0. The van der Waals surface area contributed by atoms with Gasteiger partial charge in [0.25, 0.3) is 21.8 Å². The summed E-state index contributed by atoms with van der Waals surface area (Å²) in [4.78, 5) is 26.1. The average molecular weight is 665 g/mol. The topological polar surface area (TPSA) is 123 Å². The second-order valence-electron chi connectivity index (χ2n) is 11.1. The largest absolute Gasteiger partial charge is 0.497 e. The van der Waals surface area contributed by atoms with Crippen LogP contribution in [0, 0.1) is 11.7 Å². The van der Waals surface area contributed by atoms with Crippen LogP contribution in [0.15, 0.2) is 65.6 Å². The highest BCUT2D eigenvalue weighted by Crippen LogP contribution is 2.52. The van der Waals surface area contributed by atoms with Crippen molar-refractivity contribution in [3.8, 4) is 17.2 Å². The number of hydrogen-bond acceptors (Lipinski definition) is 7. The van der Waals surface area contributed by atoms with Gasteiger partial charge in [0.2, 0.25) is 0 Å². The van der Waals surface area contributed by atoms with Gasteiger partial charge in [0.05, 0.1) is 29.3 Å². The highest BCUT2D eigenvalue weighted by molar-refractivity contribution is 7.92. The molecule has 232 valence electrons. The standard InChI is InChI=1S/C30H28Cl2FN3O7S/c1-41-19-3-6-21(7-4-19)44(39,40)36-15-27(43-26-9-2-18(31)10-25(26)36)29(38)35-30-12-17(13-30)24(14-30)34-28(37)16-42-20-5-8-22(32)23(33)11-20/h2-11,17,24,27H,12-16H2,1H3,(H,34,37)(H,35,38). The zero-order chi connectivity index (χ0) is 31.2. The molecule has 3 aromatic rings. The fourth-order valence-electron chi connectivity index (χ4n) is 6.07. The van der Waals surface area contributed by atoms with Crippen molar-refractivity contribution in [1.82, 2.24) is 10.6 Å². The Morgan fingerprint density at radius 1 is 1.05 bits per heavy atom. The van der Waals surface area contributed by atoms with E-state index in [0.29, 0.717) is 30.0 Å². The molecule has 3 aliphatic carbocycles. The average Bonchev–Trinajstić information content (AvgIpc) is 3.50. The van der Waals surface area contributed by atoms with E-state index in [-0.39, 0.29) is 58.1 Å². The predicted molar refractivity (Wildman–Crippen MR) is 160 cm³/mol. The summed E-state index contributed by atoms with van der Waals surface area (Å²) in [6.07, 6.45) is 0.670. The Morgan fingerprint density at radius 2 is 1.77 bits per heavy atom. The summed E-state index contributed by atoms with van der Waals surface area (Å²) in [5.74, 6) is -0.423. The summed E-state index contributed by atoms with van der Waals surface area (Å²) in [5, 5.41) is 6.28. The first-order chi connectivity index (χ1) is 21.0. The summed E-state index contributed by atoms with van der Waals surface area (Å²) < 4.78 is 58.8. The number of amides is 2. The zero-order valence-electron chi connectivity index (χ0n) is 23.4. The molecule has 1 aliphatic heterocycles. The van der Waals surface area contributed by atoms with Gasteiger partial charge in [0.15, 0.2) is 12.7 Å². The predicted octanol–water partition coefficient (Wildman–Crippen LogP) is 4.33. The van der Waals surface area contributed by atoms with Crippen LogP contribution in [0.5, 0.6) is 17.2 Å². The van der Waals surface area contributed by atoms with Crippen LogP contribution in [-0.2, 0) is 19.6 Å². The van der Waals surface area contributed by atoms with Crippen LogP contribution >= 0.6 is 23.2 Å². The number of carbonyl (C=O) groups is 2. The molecule has 2 N–H and O–H groups in total. The molecule has 14 heteroatoms. The molecule has 0 spiro atoms. The summed E-state index contributed by atoms with van der Waals surface area (Å²) in [7, 11) is -2.61. The van der Waals surface area contributed by atoms with Crippen LogP contribution in [0.2, 0.25) is 10.0 Å². The van der Waals surface area contributed by atoms with Crippen molar-refractivity contribution in [3.63, 3.8) is 0 Å². The fourth-order valence-corrected chi connectivity index (χ4v) is 7.83. The molecular weight excluding hydrogens is 636 g/mol. The minimum atomic E-state index is -4.10. The Kier molecular flexibility index (Phi) is 8.02. The maximum Gasteiger partial charge on any atom is 0.264 e. The molecule has 2 unspecified atom stereocenters. The lowest BCUT2D eigenvalue weighted by molar-refractivity contribution is -0.130. The molecule has 1 heterocycles. The van der Waals surface area contributed by atoms with Gasteiger partial charge in [-0.3, -0.25) is 13.9 Å². The molecule has 0 saturated heterocycles. The number of benzene rings is 3.